The molecule has 0 spiro atoms. The summed E-state index contributed by atoms with van der Waals surface area (Å²) in [5, 5.41) is 8.33. The van der Waals surface area contributed by atoms with Gasteiger partial charge in [0, 0.05) is 6.07 Å². The highest BCUT2D eigenvalue weighted by atomic mass is 32.2. The quantitative estimate of drug-likeness (QED) is 0.0570. The molecule has 1 saturated heterocycles. The van der Waals surface area contributed by atoms with E-state index in [1.807, 2.05) is 121 Å². The Kier molecular flexibility index (Phi) is 11.6. The minimum Gasteiger partial charge on any atom is -0.475 e. The third-order valence-corrected chi connectivity index (χ3v) is 11.0. The lowest BCUT2D eigenvalue weighted by atomic mass is 10.0. The second kappa shape index (κ2) is 17.1. The summed E-state index contributed by atoms with van der Waals surface area (Å²) in [5.74, 6) is -1.82. The highest BCUT2D eigenvalue weighted by Crippen LogP contribution is 2.29. The zero-order valence-electron chi connectivity index (χ0n) is 30.3. The van der Waals surface area contributed by atoms with Crippen molar-refractivity contribution in [3.05, 3.63) is 194 Å². The number of aromatic nitrogens is 1. The van der Waals surface area contributed by atoms with Crippen LogP contribution in [0.3, 0.4) is 0 Å². The fourth-order valence-corrected chi connectivity index (χ4v) is 7.90. The monoisotopic (exact) mass is 804 g/mol. The molecule has 0 bridgehead atoms. The van der Waals surface area contributed by atoms with Crippen molar-refractivity contribution in [3.8, 4) is 5.75 Å². The van der Waals surface area contributed by atoms with Crippen LogP contribution in [0.15, 0.2) is 161 Å². The highest BCUT2D eigenvalue weighted by molar-refractivity contribution is 7.84. The Hall–Kier alpha value is -6.55. The van der Waals surface area contributed by atoms with Gasteiger partial charge < -0.3 is 19.7 Å². The van der Waals surface area contributed by atoms with Crippen molar-refractivity contribution in [3.63, 3.8) is 0 Å². The highest BCUT2D eigenvalue weighted by Gasteiger charge is 2.51. The zero-order valence-corrected chi connectivity index (χ0v) is 32.0. The molecule has 2 aromatic heterocycles. The molecule has 1 fully saturated rings. The molecule has 4 aromatic carbocycles. The molecule has 2 N–H and O–H groups in total. The van der Waals surface area contributed by atoms with E-state index in [9.17, 15) is 27.4 Å². The Labute approximate surface area is 332 Å². The molecule has 1 unspecified atom stereocenters. The molecule has 7 rings (SSSR count). The summed E-state index contributed by atoms with van der Waals surface area (Å²) in [6.07, 6.45) is 0.168. The summed E-state index contributed by atoms with van der Waals surface area (Å²) in [6, 6.07) is 40.5. The SMILES string of the molecule is CC1[C@H](NC(=O)/C(=N/OCc2cc(=O)c(OC(c3ccccc3)c3ccccc3)cn2OC(c2ccccc2)c2ccccc2)c2cccs2)C(=O)N1S(=O)(=O)O. The Bertz CT molecular complexity index is 2440. The number of rotatable bonds is 15. The van der Waals surface area contributed by atoms with Gasteiger partial charge in [-0.05, 0) is 40.6 Å². The van der Waals surface area contributed by atoms with E-state index in [0.717, 1.165) is 22.3 Å². The second-order valence-corrected chi connectivity index (χ2v) is 15.2. The summed E-state index contributed by atoms with van der Waals surface area (Å²) in [5.41, 5.74) is 2.85. The Morgan fingerprint density at radius 3 is 1.81 bits per heavy atom. The lowest BCUT2D eigenvalue weighted by molar-refractivity contribution is -0.143. The molecular weight excluding hydrogens is 769 g/mol. The molecule has 0 radical (unpaired) electrons. The van der Waals surface area contributed by atoms with Crippen molar-refractivity contribution >= 4 is 39.2 Å². The van der Waals surface area contributed by atoms with Crippen LogP contribution in [0, 0.1) is 0 Å². The maximum atomic E-state index is 13.9. The average Bonchev–Trinajstić information content (AvgIpc) is 3.76. The van der Waals surface area contributed by atoms with Gasteiger partial charge in [-0.15, -0.1) is 11.3 Å². The van der Waals surface area contributed by atoms with Gasteiger partial charge in [-0.25, -0.2) is 4.31 Å². The van der Waals surface area contributed by atoms with Crippen molar-refractivity contribution in [2.45, 2.75) is 37.8 Å². The smallest absolute Gasteiger partial charge is 0.362 e. The van der Waals surface area contributed by atoms with Gasteiger partial charge in [0.15, 0.2) is 24.2 Å². The van der Waals surface area contributed by atoms with E-state index in [1.165, 1.54) is 35.3 Å². The predicted molar refractivity (Wildman–Crippen MR) is 213 cm³/mol. The van der Waals surface area contributed by atoms with E-state index < -0.39 is 51.8 Å². The number of nitrogens with zero attached hydrogens (tertiary/aromatic N) is 3. The molecule has 57 heavy (non-hydrogen) atoms. The van der Waals surface area contributed by atoms with E-state index in [-0.39, 0.29) is 28.1 Å². The van der Waals surface area contributed by atoms with Crippen LogP contribution < -0.4 is 20.3 Å². The molecule has 6 aromatic rings. The summed E-state index contributed by atoms with van der Waals surface area (Å²) < 4.78 is 40.8. The first kappa shape index (κ1) is 38.7. The van der Waals surface area contributed by atoms with Gasteiger partial charge in [0.05, 0.1) is 17.1 Å². The molecule has 0 saturated carbocycles. The van der Waals surface area contributed by atoms with E-state index in [1.54, 1.807) is 17.5 Å². The van der Waals surface area contributed by atoms with Crippen LogP contribution in [0.2, 0.25) is 0 Å². The van der Waals surface area contributed by atoms with Gasteiger partial charge in [0.2, 0.25) is 5.43 Å². The third kappa shape index (κ3) is 8.80. The van der Waals surface area contributed by atoms with E-state index in [2.05, 4.69) is 10.5 Å². The molecule has 290 valence electrons. The second-order valence-electron chi connectivity index (χ2n) is 12.9. The Balaban J connectivity index is 1.23. The first-order valence-corrected chi connectivity index (χ1v) is 20.0. The topological polar surface area (TPSA) is 166 Å². The van der Waals surface area contributed by atoms with Gasteiger partial charge >= 0.3 is 10.3 Å². The maximum absolute atomic E-state index is 13.9. The normalized spacial score (nSPS) is 15.6. The summed E-state index contributed by atoms with van der Waals surface area (Å²) in [6.45, 7) is 1.01. The van der Waals surface area contributed by atoms with Crippen LogP contribution in [0.1, 0.15) is 52.0 Å². The van der Waals surface area contributed by atoms with Gasteiger partial charge in [-0.2, -0.15) is 13.1 Å². The molecule has 0 aliphatic carbocycles. The lowest BCUT2D eigenvalue weighted by Gasteiger charge is -2.42. The summed E-state index contributed by atoms with van der Waals surface area (Å²) in [7, 11) is -4.80. The maximum Gasteiger partial charge on any atom is 0.362 e. The fourth-order valence-electron chi connectivity index (χ4n) is 6.31. The number of pyridine rings is 1. The largest absolute Gasteiger partial charge is 0.475 e. The molecule has 1 aliphatic rings. The first-order chi connectivity index (χ1) is 27.6. The number of hydrogen-bond donors (Lipinski definition) is 2. The van der Waals surface area contributed by atoms with Crippen molar-refractivity contribution < 1.29 is 37.0 Å². The minimum atomic E-state index is -4.80. The van der Waals surface area contributed by atoms with Crippen molar-refractivity contribution in [1.82, 2.24) is 14.4 Å². The van der Waals surface area contributed by atoms with Crippen LogP contribution in [0.25, 0.3) is 0 Å². The van der Waals surface area contributed by atoms with Gasteiger partial charge in [0.25, 0.3) is 11.8 Å². The molecule has 1 aliphatic heterocycles. The van der Waals surface area contributed by atoms with Crippen molar-refractivity contribution in [2.24, 2.45) is 5.16 Å². The number of β-lactam (4-membered cyclic amide) rings is 1. The number of benzene rings is 4. The number of nitrogens with one attached hydrogen (secondary N) is 1. The average molecular weight is 805 g/mol. The lowest BCUT2D eigenvalue weighted by Crippen LogP contribution is -2.71. The number of hydrogen-bond acceptors (Lipinski definition) is 10. The Morgan fingerprint density at radius 1 is 0.807 bits per heavy atom. The Morgan fingerprint density at radius 2 is 1.33 bits per heavy atom. The van der Waals surface area contributed by atoms with Crippen LogP contribution in [-0.4, -0.2) is 51.6 Å². The number of carbonyl (C=O) groups is 2. The molecule has 13 nitrogen and oxygen atoms in total. The van der Waals surface area contributed by atoms with E-state index in [0.29, 0.717) is 4.88 Å². The first-order valence-electron chi connectivity index (χ1n) is 17.7. The summed E-state index contributed by atoms with van der Waals surface area (Å²) in [4.78, 5) is 52.8. The minimum absolute atomic E-state index is 0.00305. The molecule has 2 atom stereocenters. The fraction of sp³-hybridized carbons (Fsp3) is 0.143. The van der Waals surface area contributed by atoms with Gasteiger partial charge in [-0.1, -0.05) is 133 Å². The predicted octanol–water partition coefficient (Wildman–Crippen LogP) is 5.74. The third-order valence-electron chi connectivity index (χ3n) is 9.14. The molecule has 2 amide bonds. The van der Waals surface area contributed by atoms with Gasteiger partial charge in [-0.3, -0.25) is 18.9 Å². The van der Waals surface area contributed by atoms with Crippen LogP contribution in [0.4, 0.5) is 0 Å². The number of thiophene rings is 1. The van der Waals surface area contributed by atoms with Crippen LogP contribution in [0.5, 0.6) is 5.75 Å². The molecule has 3 heterocycles. The van der Waals surface area contributed by atoms with Gasteiger partial charge in [0.1, 0.15) is 17.8 Å². The zero-order chi connectivity index (χ0) is 39.9. The molecular formula is C42H36N4O9S2. The van der Waals surface area contributed by atoms with E-state index in [4.69, 9.17) is 14.4 Å². The molecule has 15 heteroatoms. The number of oxime groups is 1. The number of ether oxygens (including phenoxy) is 1. The van der Waals surface area contributed by atoms with Crippen molar-refractivity contribution in [2.75, 3.05) is 0 Å². The standard InChI is InChI=1S/C42H36N4O9S2/c1-28-37(42(49)46(28)57(50,51)52)43-41(48)38(36-23-14-24-56-36)44-53-27-33-25-34(47)35(54-39(29-15-6-2-7-16-29)30-17-8-3-9-18-30)26-45(33)55-40(31-19-10-4-11-20-31)32-21-12-5-13-22-32/h2-26,28,37,39-40H,27H2,1H3,(H,43,48)(H,50,51,52)/b44-38+/t28?,37-/m0/s1. The van der Waals surface area contributed by atoms with E-state index >= 15 is 0 Å². The van der Waals surface area contributed by atoms with Crippen molar-refractivity contribution in [1.29, 1.82) is 0 Å². The number of carbonyl (C=O) groups excluding carboxylic acids is 2. The number of amides is 2. The summed E-state index contributed by atoms with van der Waals surface area (Å²) >= 11 is 1.18. The van der Waals surface area contributed by atoms with Crippen LogP contribution >= 0.6 is 11.3 Å². The van der Waals surface area contributed by atoms with Crippen LogP contribution in [-0.2, 0) is 31.3 Å².